The Bertz CT molecular complexity index is 1650. The number of rotatable bonds is 6. The Morgan fingerprint density at radius 1 is 1.03 bits per heavy atom. The van der Waals surface area contributed by atoms with Crippen LogP contribution in [0, 0.1) is 5.82 Å². The highest BCUT2D eigenvalue weighted by Gasteiger charge is 2.27. The van der Waals surface area contributed by atoms with E-state index in [2.05, 4.69) is 4.98 Å². The fourth-order valence-electron chi connectivity index (χ4n) is 4.91. The predicted octanol–water partition coefficient (Wildman–Crippen LogP) is 5.28. The lowest BCUT2D eigenvalue weighted by Crippen LogP contribution is -2.33. The second-order valence-electron chi connectivity index (χ2n) is 9.50. The van der Waals surface area contributed by atoms with E-state index in [1.807, 2.05) is 60.3 Å². The van der Waals surface area contributed by atoms with Crippen molar-refractivity contribution in [3.8, 4) is 28.3 Å². The molecule has 4 aromatic rings. The highest BCUT2D eigenvalue weighted by molar-refractivity contribution is 7.91. The van der Waals surface area contributed by atoms with E-state index in [1.165, 1.54) is 19.1 Å². The highest BCUT2D eigenvalue weighted by atomic mass is 32.2. The Kier molecular flexibility index (Phi) is 7.27. The molecule has 0 spiro atoms. The molecule has 1 aromatic heterocycles. The quantitative estimate of drug-likeness (QED) is 0.328. The fraction of sp³-hybridized carbons (Fsp3) is 0.267. The smallest absolute Gasteiger partial charge is 0.254 e. The summed E-state index contributed by atoms with van der Waals surface area (Å²) in [6, 6.07) is 16.7. The summed E-state index contributed by atoms with van der Waals surface area (Å²) in [6.45, 7) is 4.08. The van der Waals surface area contributed by atoms with Crippen LogP contribution in [-0.2, 0) is 29.9 Å². The minimum absolute atomic E-state index is 0.112. The summed E-state index contributed by atoms with van der Waals surface area (Å²) in [7, 11) is -1.79. The molecule has 39 heavy (non-hydrogen) atoms. The summed E-state index contributed by atoms with van der Waals surface area (Å²) in [5.74, 6) is 0.175. The Balaban J connectivity index is 1.43. The van der Waals surface area contributed by atoms with Crippen LogP contribution >= 0.6 is 0 Å². The van der Waals surface area contributed by atoms with Gasteiger partial charge in [0.1, 0.15) is 28.9 Å². The molecule has 0 fully saturated rings. The van der Waals surface area contributed by atoms with Gasteiger partial charge in [-0.3, -0.25) is 4.79 Å². The van der Waals surface area contributed by atoms with E-state index in [1.54, 1.807) is 18.0 Å². The van der Waals surface area contributed by atoms with Gasteiger partial charge in [0.05, 0.1) is 12.3 Å². The standard InChI is InChI=1S/C30H30FN3O4S/c1-4-24-25(11-13-27(28(24)31)39(36,37)5-2)30(35)34-16-17-38-26-12-10-22(18-23(26)19-34)20-6-8-21(9-7-20)29-32-14-15-33(29)3/h6-15,18H,4-5,16-17,19H2,1-3H3. The van der Waals surface area contributed by atoms with Gasteiger partial charge in [-0.05, 0) is 41.8 Å². The van der Waals surface area contributed by atoms with E-state index in [-0.39, 0.29) is 40.6 Å². The third-order valence-electron chi connectivity index (χ3n) is 7.13. The Morgan fingerprint density at radius 3 is 2.41 bits per heavy atom. The van der Waals surface area contributed by atoms with Crippen molar-refractivity contribution in [2.24, 2.45) is 7.05 Å². The van der Waals surface area contributed by atoms with Gasteiger partial charge in [-0.15, -0.1) is 0 Å². The van der Waals surface area contributed by atoms with Gasteiger partial charge in [-0.25, -0.2) is 17.8 Å². The molecule has 0 aliphatic carbocycles. The Morgan fingerprint density at radius 2 is 1.74 bits per heavy atom. The summed E-state index contributed by atoms with van der Waals surface area (Å²) in [6.07, 6.45) is 3.86. The van der Waals surface area contributed by atoms with Gasteiger partial charge < -0.3 is 14.2 Å². The van der Waals surface area contributed by atoms with Crippen molar-refractivity contribution in [1.82, 2.24) is 14.5 Å². The van der Waals surface area contributed by atoms with Gasteiger partial charge in [0, 0.05) is 48.2 Å². The zero-order chi connectivity index (χ0) is 27.7. The minimum atomic E-state index is -3.75. The molecule has 1 aliphatic heterocycles. The van der Waals surface area contributed by atoms with Gasteiger partial charge in [-0.2, -0.15) is 0 Å². The molecule has 0 unspecified atom stereocenters. The molecule has 3 aromatic carbocycles. The fourth-order valence-corrected chi connectivity index (χ4v) is 5.90. The maximum atomic E-state index is 15.3. The second kappa shape index (κ2) is 10.6. The molecule has 0 saturated heterocycles. The molecule has 0 saturated carbocycles. The molecule has 7 nitrogen and oxygen atoms in total. The van der Waals surface area contributed by atoms with Gasteiger partial charge >= 0.3 is 0 Å². The SMILES string of the molecule is CCc1c(C(=O)N2CCOc3ccc(-c4ccc(-c5nccn5C)cc4)cc3C2)ccc(S(=O)(=O)CC)c1F. The predicted molar refractivity (Wildman–Crippen MR) is 148 cm³/mol. The number of halogens is 1. The van der Waals surface area contributed by atoms with E-state index in [4.69, 9.17) is 4.74 Å². The van der Waals surface area contributed by atoms with Crippen molar-refractivity contribution in [3.05, 3.63) is 89.5 Å². The number of aryl methyl sites for hydroxylation is 1. The Hall–Kier alpha value is -3.98. The zero-order valence-electron chi connectivity index (χ0n) is 22.1. The normalized spacial score (nSPS) is 13.5. The van der Waals surface area contributed by atoms with E-state index >= 15 is 4.39 Å². The molecule has 0 atom stereocenters. The van der Waals surface area contributed by atoms with Crippen LogP contribution in [0.2, 0.25) is 0 Å². The molecule has 1 aliphatic rings. The average Bonchev–Trinajstić information content (AvgIpc) is 3.26. The average molecular weight is 548 g/mol. The van der Waals surface area contributed by atoms with Gasteiger partial charge in [0.2, 0.25) is 0 Å². The van der Waals surface area contributed by atoms with Crippen LogP contribution in [0.25, 0.3) is 22.5 Å². The van der Waals surface area contributed by atoms with E-state index < -0.39 is 15.7 Å². The molecule has 2 heterocycles. The molecular weight excluding hydrogens is 517 g/mol. The number of imidazole rings is 1. The lowest BCUT2D eigenvalue weighted by Gasteiger charge is -2.22. The molecule has 1 amide bonds. The number of nitrogens with zero attached hydrogens (tertiary/aromatic N) is 3. The van der Waals surface area contributed by atoms with Gasteiger partial charge in [-0.1, -0.05) is 44.2 Å². The molecular formula is C30H30FN3O4S. The third-order valence-corrected chi connectivity index (χ3v) is 8.88. The number of fused-ring (bicyclic) bond motifs is 1. The lowest BCUT2D eigenvalue weighted by atomic mass is 10.00. The van der Waals surface area contributed by atoms with Crippen molar-refractivity contribution in [3.63, 3.8) is 0 Å². The van der Waals surface area contributed by atoms with E-state index in [0.29, 0.717) is 18.9 Å². The summed E-state index contributed by atoms with van der Waals surface area (Å²) < 4.78 is 47.8. The number of aromatic nitrogens is 2. The number of hydrogen-bond acceptors (Lipinski definition) is 5. The van der Waals surface area contributed by atoms with Crippen molar-refractivity contribution in [2.45, 2.75) is 31.7 Å². The van der Waals surface area contributed by atoms with Crippen molar-refractivity contribution < 1.29 is 22.3 Å². The molecule has 0 N–H and O–H groups in total. The van der Waals surface area contributed by atoms with Crippen molar-refractivity contribution in [1.29, 1.82) is 0 Å². The first kappa shape index (κ1) is 26.6. The van der Waals surface area contributed by atoms with Crippen molar-refractivity contribution in [2.75, 3.05) is 18.9 Å². The van der Waals surface area contributed by atoms with Crippen molar-refractivity contribution >= 4 is 15.7 Å². The number of carbonyl (C=O) groups excluding carboxylic acids is 1. The number of ether oxygens (including phenoxy) is 1. The van der Waals surface area contributed by atoms with Gasteiger partial charge in [0.25, 0.3) is 5.91 Å². The first-order chi connectivity index (χ1) is 18.7. The number of amides is 1. The monoisotopic (exact) mass is 547 g/mol. The van der Waals surface area contributed by atoms with E-state index in [9.17, 15) is 13.2 Å². The topological polar surface area (TPSA) is 81.5 Å². The van der Waals surface area contributed by atoms with Crippen LogP contribution in [0.3, 0.4) is 0 Å². The maximum Gasteiger partial charge on any atom is 0.254 e. The summed E-state index contributed by atoms with van der Waals surface area (Å²) in [4.78, 5) is 19.3. The van der Waals surface area contributed by atoms with Crippen LogP contribution in [0.1, 0.15) is 35.3 Å². The summed E-state index contributed by atoms with van der Waals surface area (Å²) >= 11 is 0. The third kappa shape index (κ3) is 5.06. The molecule has 0 bridgehead atoms. The number of carbonyl (C=O) groups is 1. The number of sulfone groups is 1. The molecule has 5 rings (SSSR count). The molecule has 0 radical (unpaired) electrons. The second-order valence-corrected chi connectivity index (χ2v) is 11.7. The Labute approximate surface area is 227 Å². The summed E-state index contributed by atoms with van der Waals surface area (Å²) in [5.41, 5.74) is 4.14. The highest BCUT2D eigenvalue weighted by Crippen LogP contribution is 2.32. The largest absolute Gasteiger partial charge is 0.491 e. The zero-order valence-corrected chi connectivity index (χ0v) is 23.0. The lowest BCUT2D eigenvalue weighted by molar-refractivity contribution is 0.0731. The number of hydrogen-bond donors (Lipinski definition) is 0. The van der Waals surface area contributed by atoms with Crippen LogP contribution in [0.5, 0.6) is 5.75 Å². The van der Waals surface area contributed by atoms with Gasteiger partial charge in [0.15, 0.2) is 9.84 Å². The van der Waals surface area contributed by atoms with Crippen LogP contribution < -0.4 is 4.74 Å². The van der Waals surface area contributed by atoms with Crippen LogP contribution in [-0.4, -0.2) is 47.7 Å². The number of benzene rings is 3. The first-order valence-electron chi connectivity index (χ1n) is 12.9. The molecule has 9 heteroatoms. The maximum absolute atomic E-state index is 15.3. The summed E-state index contributed by atoms with van der Waals surface area (Å²) in [5, 5.41) is 0. The van der Waals surface area contributed by atoms with Crippen LogP contribution in [0.15, 0.2) is 71.9 Å². The molecule has 202 valence electrons. The minimum Gasteiger partial charge on any atom is -0.491 e. The first-order valence-corrected chi connectivity index (χ1v) is 14.6. The van der Waals surface area contributed by atoms with E-state index in [0.717, 1.165) is 28.1 Å². The van der Waals surface area contributed by atoms with Crippen LogP contribution in [0.4, 0.5) is 4.39 Å².